The van der Waals surface area contributed by atoms with E-state index >= 15 is 0 Å². The number of hydrogen-bond acceptors (Lipinski definition) is 3. The van der Waals surface area contributed by atoms with E-state index in [9.17, 15) is 9.59 Å². The second-order valence-electron chi connectivity index (χ2n) is 11.7. The van der Waals surface area contributed by atoms with E-state index in [4.69, 9.17) is 0 Å². The first-order chi connectivity index (χ1) is 15.8. The average Bonchev–Trinajstić information content (AvgIpc) is 3.13. The van der Waals surface area contributed by atoms with Gasteiger partial charge in [-0.15, -0.1) is 11.8 Å². The van der Waals surface area contributed by atoms with Crippen molar-refractivity contribution >= 4 is 23.6 Å². The summed E-state index contributed by atoms with van der Waals surface area (Å²) >= 11 is 1.71. The number of rotatable bonds is 5. The molecule has 1 saturated heterocycles. The highest BCUT2D eigenvalue weighted by Gasteiger charge is 2.61. The fraction of sp³-hybridized carbons (Fsp3) is 0.714. The number of benzene rings is 1. The standard InChI is InChI=1S/C28H40N2O2S/c1-27-15-13-22-20(9-12-24-28(22,2)16-14-26(32)30(24)3)21(27)10-11-23(27)29-25(31)18-33-17-19-7-5-4-6-8-19/h4-8,20-24H,9-18H2,1-3H3,(H,29,31)/t20-,21-,22-,23?,24+,27-,28+/m0/s1. The number of nitrogens with one attached hydrogen (secondary N) is 1. The molecule has 180 valence electrons. The Hall–Kier alpha value is -1.49. The molecule has 5 rings (SSSR count). The summed E-state index contributed by atoms with van der Waals surface area (Å²) in [5.74, 6) is 4.15. The normalized spacial score (nSPS) is 40.0. The molecule has 7 atom stereocenters. The lowest BCUT2D eigenvalue weighted by Crippen LogP contribution is -2.62. The zero-order valence-electron chi connectivity index (χ0n) is 20.5. The highest BCUT2D eigenvalue weighted by atomic mass is 32.2. The van der Waals surface area contributed by atoms with Crippen molar-refractivity contribution in [1.29, 1.82) is 0 Å². The Morgan fingerprint density at radius 2 is 1.79 bits per heavy atom. The molecule has 1 N–H and O–H groups in total. The molecule has 5 heteroatoms. The molecular weight excluding hydrogens is 428 g/mol. The molecule has 4 nitrogen and oxygen atoms in total. The summed E-state index contributed by atoms with van der Waals surface area (Å²) in [6.07, 6.45) is 9.00. The first-order valence-electron chi connectivity index (χ1n) is 13.0. The van der Waals surface area contributed by atoms with Gasteiger partial charge in [-0.2, -0.15) is 0 Å². The van der Waals surface area contributed by atoms with Crippen molar-refractivity contribution < 1.29 is 9.59 Å². The van der Waals surface area contributed by atoms with Crippen LogP contribution in [-0.4, -0.2) is 41.6 Å². The molecule has 33 heavy (non-hydrogen) atoms. The van der Waals surface area contributed by atoms with Gasteiger partial charge in [0.2, 0.25) is 11.8 Å². The van der Waals surface area contributed by atoms with E-state index in [1.807, 2.05) is 13.1 Å². The molecule has 0 radical (unpaired) electrons. The number of carbonyl (C=O) groups excluding carboxylic acids is 2. The number of piperidine rings is 1. The molecule has 1 aromatic rings. The Morgan fingerprint density at radius 1 is 1.03 bits per heavy atom. The van der Waals surface area contributed by atoms with Crippen molar-refractivity contribution in [3.05, 3.63) is 35.9 Å². The summed E-state index contributed by atoms with van der Waals surface area (Å²) < 4.78 is 0. The van der Waals surface area contributed by atoms with Crippen molar-refractivity contribution in [3.8, 4) is 0 Å². The van der Waals surface area contributed by atoms with Gasteiger partial charge in [0.15, 0.2) is 0 Å². The van der Waals surface area contributed by atoms with Gasteiger partial charge in [-0.05, 0) is 79.1 Å². The lowest BCUT2D eigenvalue weighted by molar-refractivity contribution is -0.157. The van der Waals surface area contributed by atoms with Crippen molar-refractivity contribution in [1.82, 2.24) is 10.2 Å². The fourth-order valence-corrected chi connectivity index (χ4v) is 9.26. The zero-order valence-corrected chi connectivity index (χ0v) is 21.3. The van der Waals surface area contributed by atoms with Crippen LogP contribution in [0.4, 0.5) is 0 Å². The lowest BCUT2D eigenvalue weighted by atomic mass is 9.47. The number of hydrogen-bond donors (Lipinski definition) is 1. The lowest BCUT2D eigenvalue weighted by Gasteiger charge is -2.61. The first kappa shape index (κ1) is 23.3. The van der Waals surface area contributed by atoms with Gasteiger partial charge in [0.1, 0.15) is 0 Å². The monoisotopic (exact) mass is 468 g/mol. The maximum absolute atomic E-state index is 12.8. The van der Waals surface area contributed by atoms with Gasteiger partial charge in [0.05, 0.1) is 5.75 Å². The van der Waals surface area contributed by atoms with Gasteiger partial charge in [0.25, 0.3) is 0 Å². The summed E-state index contributed by atoms with van der Waals surface area (Å²) in [7, 11) is 2.04. The second kappa shape index (κ2) is 8.94. The SMILES string of the molecule is CN1C(=O)CC[C@]2(C)[C@H]3CC[C@]4(C)C(NC(=O)CSCc5ccccc5)CC[C@H]4[C@@H]3CC[C@@H]12. The minimum absolute atomic E-state index is 0.202. The van der Waals surface area contributed by atoms with Crippen LogP contribution in [0.25, 0.3) is 0 Å². The van der Waals surface area contributed by atoms with E-state index in [2.05, 4.69) is 48.3 Å². The molecule has 0 spiro atoms. The molecule has 3 saturated carbocycles. The van der Waals surface area contributed by atoms with Crippen LogP contribution in [0.5, 0.6) is 0 Å². The Balaban J connectivity index is 1.21. The summed E-state index contributed by atoms with van der Waals surface area (Å²) in [5.41, 5.74) is 1.77. The Kier molecular flexibility index (Phi) is 6.30. The minimum Gasteiger partial charge on any atom is -0.352 e. The molecule has 0 bridgehead atoms. The van der Waals surface area contributed by atoms with Gasteiger partial charge in [0, 0.05) is 31.3 Å². The van der Waals surface area contributed by atoms with E-state index in [1.165, 1.54) is 31.2 Å². The Morgan fingerprint density at radius 3 is 2.58 bits per heavy atom. The number of carbonyl (C=O) groups is 2. The van der Waals surface area contributed by atoms with Gasteiger partial charge in [-0.1, -0.05) is 44.2 Å². The van der Waals surface area contributed by atoms with Crippen LogP contribution in [0.15, 0.2) is 30.3 Å². The third-order valence-corrected chi connectivity index (χ3v) is 11.2. The molecule has 1 unspecified atom stereocenters. The molecule has 3 aliphatic carbocycles. The van der Waals surface area contributed by atoms with Crippen molar-refractivity contribution in [3.63, 3.8) is 0 Å². The van der Waals surface area contributed by atoms with Crippen LogP contribution in [0.3, 0.4) is 0 Å². The molecule has 1 aliphatic heterocycles. The number of nitrogens with zero attached hydrogens (tertiary/aromatic N) is 1. The van der Waals surface area contributed by atoms with E-state index < -0.39 is 0 Å². The van der Waals surface area contributed by atoms with E-state index in [-0.39, 0.29) is 16.7 Å². The van der Waals surface area contributed by atoms with E-state index in [0.29, 0.717) is 36.1 Å². The molecule has 2 amide bonds. The zero-order chi connectivity index (χ0) is 23.2. The highest BCUT2D eigenvalue weighted by molar-refractivity contribution is 7.99. The second-order valence-corrected chi connectivity index (χ2v) is 12.7. The highest BCUT2D eigenvalue weighted by Crippen LogP contribution is 2.64. The maximum Gasteiger partial charge on any atom is 0.230 e. The molecular formula is C28H40N2O2S. The predicted octanol–water partition coefficient (Wildman–Crippen LogP) is 5.27. The van der Waals surface area contributed by atoms with Gasteiger partial charge >= 0.3 is 0 Å². The molecule has 4 aliphatic rings. The van der Waals surface area contributed by atoms with E-state index in [0.717, 1.165) is 36.9 Å². The van der Waals surface area contributed by atoms with Crippen LogP contribution in [0.1, 0.15) is 70.8 Å². The van der Waals surface area contributed by atoms with E-state index in [1.54, 1.807) is 11.8 Å². The Labute approximate surface area is 203 Å². The van der Waals surface area contributed by atoms with Crippen molar-refractivity contribution in [2.45, 2.75) is 83.1 Å². The third kappa shape index (κ3) is 4.02. The van der Waals surface area contributed by atoms with Gasteiger partial charge in [-0.25, -0.2) is 0 Å². The number of amides is 2. The quantitative estimate of drug-likeness (QED) is 0.641. The molecule has 1 aromatic carbocycles. The summed E-state index contributed by atoms with van der Waals surface area (Å²) in [6.45, 7) is 4.95. The predicted molar refractivity (Wildman–Crippen MR) is 135 cm³/mol. The number of fused-ring (bicyclic) bond motifs is 5. The Bertz CT molecular complexity index is 891. The molecule has 0 aromatic heterocycles. The smallest absolute Gasteiger partial charge is 0.230 e. The largest absolute Gasteiger partial charge is 0.352 e. The maximum atomic E-state index is 12.8. The van der Waals surface area contributed by atoms with Crippen LogP contribution in [-0.2, 0) is 15.3 Å². The van der Waals surface area contributed by atoms with Crippen LogP contribution >= 0.6 is 11.8 Å². The van der Waals surface area contributed by atoms with Crippen LogP contribution in [0, 0.1) is 28.6 Å². The van der Waals surface area contributed by atoms with Crippen molar-refractivity contribution in [2.75, 3.05) is 12.8 Å². The topological polar surface area (TPSA) is 49.4 Å². The summed E-state index contributed by atoms with van der Waals surface area (Å²) in [4.78, 5) is 27.3. The van der Waals surface area contributed by atoms with Crippen LogP contribution in [0.2, 0.25) is 0 Å². The van der Waals surface area contributed by atoms with Crippen LogP contribution < -0.4 is 5.32 Å². The number of likely N-dealkylation sites (tertiary alicyclic amines) is 1. The molecule has 1 heterocycles. The van der Waals surface area contributed by atoms with Crippen molar-refractivity contribution in [2.24, 2.45) is 28.6 Å². The van der Waals surface area contributed by atoms with Gasteiger partial charge in [-0.3, -0.25) is 9.59 Å². The fourth-order valence-electron chi connectivity index (χ4n) is 8.46. The summed E-state index contributed by atoms with van der Waals surface area (Å²) in [5, 5.41) is 3.47. The summed E-state index contributed by atoms with van der Waals surface area (Å²) in [6, 6.07) is 11.1. The average molecular weight is 469 g/mol. The van der Waals surface area contributed by atoms with Gasteiger partial charge < -0.3 is 10.2 Å². The minimum atomic E-state index is 0.202. The molecule has 4 fully saturated rings. The third-order valence-electron chi connectivity index (χ3n) is 10.2. The number of thioether (sulfide) groups is 1. The first-order valence-corrected chi connectivity index (χ1v) is 14.1.